The monoisotopic (exact) mass is 257 g/mol. The van der Waals surface area contributed by atoms with Crippen LogP contribution in [0.4, 0.5) is 0 Å². The molecule has 1 N–H and O–H groups in total. The summed E-state index contributed by atoms with van der Waals surface area (Å²) in [5.41, 5.74) is 2.51. The van der Waals surface area contributed by atoms with Crippen LogP contribution in [0.15, 0.2) is 36.8 Å². The van der Waals surface area contributed by atoms with Gasteiger partial charge in [0.1, 0.15) is 5.75 Å². The third-order valence-corrected chi connectivity index (χ3v) is 3.65. The van der Waals surface area contributed by atoms with Crippen LogP contribution in [0.25, 0.3) is 0 Å². The minimum Gasteiger partial charge on any atom is -0.497 e. The first kappa shape index (κ1) is 12.2. The number of imidazole rings is 1. The summed E-state index contributed by atoms with van der Waals surface area (Å²) in [5.74, 6) is 0.901. The first-order valence-corrected chi connectivity index (χ1v) is 6.73. The Morgan fingerprint density at radius 3 is 3.21 bits per heavy atom. The van der Waals surface area contributed by atoms with E-state index >= 15 is 0 Å². The molecule has 19 heavy (non-hydrogen) atoms. The fourth-order valence-corrected chi connectivity index (χ4v) is 2.66. The average Bonchev–Trinajstić information content (AvgIpc) is 3.09. The molecule has 1 aliphatic heterocycles. The van der Waals surface area contributed by atoms with Gasteiger partial charge in [-0.1, -0.05) is 12.1 Å². The Hall–Kier alpha value is -1.81. The fraction of sp³-hybridized carbons (Fsp3) is 0.400. The van der Waals surface area contributed by atoms with Gasteiger partial charge in [-0.25, -0.2) is 4.98 Å². The molecule has 1 aliphatic rings. The molecule has 0 radical (unpaired) electrons. The van der Waals surface area contributed by atoms with E-state index in [-0.39, 0.29) is 0 Å². The van der Waals surface area contributed by atoms with Gasteiger partial charge in [0.25, 0.3) is 0 Å². The molecule has 3 rings (SSSR count). The summed E-state index contributed by atoms with van der Waals surface area (Å²) in [5, 5.41) is 3.52. The maximum atomic E-state index is 5.27. The first-order valence-electron chi connectivity index (χ1n) is 6.73. The number of benzene rings is 1. The molecule has 1 fully saturated rings. The molecular weight excluding hydrogens is 238 g/mol. The standard InChI is InChI=1S/C15H19N3O/c1-19-13-5-2-4-12(8-13)10-18-11-16-9-15(18)14-6-3-7-17-14/h2,4-5,8-9,11,14,17H,3,6-7,10H2,1H3/t14-/m0/s1. The average molecular weight is 257 g/mol. The van der Waals surface area contributed by atoms with E-state index in [1.807, 2.05) is 24.7 Å². The summed E-state index contributed by atoms with van der Waals surface area (Å²) in [4.78, 5) is 4.30. The SMILES string of the molecule is COc1cccc(Cn2cncc2[C@@H]2CCCN2)c1. The molecule has 1 atom stereocenters. The molecule has 0 saturated carbocycles. The Morgan fingerprint density at radius 2 is 2.42 bits per heavy atom. The van der Waals surface area contributed by atoms with Crippen molar-refractivity contribution in [1.29, 1.82) is 0 Å². The molecular formula is C15H19N3O. The predicted molar refractivity (Wildman–Crippen MR) is 74.3 cm³/mol. The molecule has 0 aliphatic carbocycles. The number of ether oxygens (including phenoxy) is 1. The van der Waals surface area contributed by atoms with Gasteiger partial charge in [0, 0.05) is 18.8 Å². The number of methoxy groups -OCH3 is 1. The van der Waals surface area contributed by atoms with Gasteiger partial charge in [-0.2, -0.15) is 0 Å². The van der Waals surface area contributed by atoms with E-state index in [1.54, 1.807) is 7.11 Å². The largest absolute Gasteiger partial charge is 0.497 e. The van der Waals surface area contributed by atoms with Crippen LogP contribution in [0.2, 0.25) is 0 Å². The molecule has 0 spiro atoms. The van der Waals surface area contributed by atoms with E-state index in [0.717, 1.165) is 18.8 Å². The highest BCUT2D eigenvalue weighted by Crippen LogP contribution is 2.23. The molecule has 4 nitrogen and oxygen atoms in total. The van der Waals surface area contributed by atoms with Crippen molar-refractivity contribution >= 4 is 0 Å². The maximum Gasteiger partial charge on any atom is 0.119 e. The number of nitrogens with zero attached hydrogens (tertiary/aromatic N) is 2. The lowest BCUT2D eigenvalue weighted by atomic mass is 10.1. The number of nitrogens with one attached hydrogen (secondary N) is 1. The zero-order valence-corrected chi connectivity index (χ0v) is 11.2. The van der Waals surface area contributed by atoms with Crippen molar-refractivity contribution in [2.24, 2.45) is 0 Å². The Kier molecular flexibility index (Phi) is 3.51. The van der Waals surface area contributed by atoms with Gasteiger partial charge >= 0.3 is 0 Å². The third kappa shape index (κ3) is 2.63. The Morgan fingerprint density at radius 1 is 1.47 bits per heavy atom. The summed E-state index contributed by atoms with van der Waals surface area (Å²) in [7, 11) is 1.70. The minimum absolute atomic E-state index is 0.452. The molecule has 0 unspecified atom stereocenters. The number of hydrogen-bond donors (Lipinski definition) is 1. The lowest BCUT2D eigenvalue weighted by molar-refractivity contribution is 0.414. The maximum absolute atomic E-state index is 5.27. The summed E-state index contributed by atoms with van der Waals surface area (Å²) in [6, 6.07) is 8.64. The Bertz CT molecular complexity index is 544. The van der Waals surface area contributed by atoms with Crippen molar-refractivity contribution in [1.82, 2.24) is 14.9 Å². The van der Waals surface area contributed by atoms with E-state index < -0.39 is 0 Å². The highest BCUT2D eigenvalue weighted by Gasteiger charge is 2.19. The highest BCUT2D eigenvalue weighted by molar-refractivity contribution is 5.29. The number of hydrogen-bond acceptors (Lipinski definition) is 3. The van der Waals surface area contributed by atoms with Crippen LogP contribution in [-0.4, -0.2) is 23.2 Å². The van der Waals surface area contributed by atoms with E-state index in [0.29, 0.717) is 6.04 Å². The van der Waals surface area contributed by atoms with Crippen LogP contribution in [0, 0.1) is 0 Å². The first-order chi connectivity index (χ1) is 9.36. The number of rotatable bonds is 4. The lowest BCUT2D eigenvalue weighted by Gasteiger charge is -2.14. The van der Waals surface area contributed by atoms with Crippen LogP contribution in [0.3, 0.4) is 0 Å². The fourth-order valence-electron chi connectivity index (χ4n) is 2.66. The smallest absolute Gasteiger partial charge is 0.119 e. The van der Waals surface area contributed by atoms with Gasteiger partial charge in [0.2, 0.25) is 0 Å². The van der Waals surface area contributed by atoms with Gasteiger partial charge in [-0.3, -0.25) is 0 Å². The van der Waals surface area contributed by atoms with Crippen molar-refractivity contribution in [3.8, 4) is 5.75 Å². The van der Waals surface area contributed by atoms with Crippen molar-refractivity contribution in [2.45, 2.75) is 25.4 Å². The highest BCUT2D eigenvalue weighted by atomic mass is 16.5. The van der Waals surface area contributed by atoms with Crippen LogP contribution >= 0.6 is 0 Å². The van der Waals surface area contributed by atoms with E-state index in [2.05, 4.69) is 27.0 Å². The van der Waals surface area contributed by atoms with Crippen molar-refractivity contribution in [2.75, 3.05) is 13.7 Å². The topological polar surface area (TPSA) is 39.1 Å². The summed E-state index contributed by atoms with van der Waals surface area (Å²) < 4.78 is 7.49. The van der Waals surface area contributed by atoms with Crippen molar-refractivity contribution in [3.63, 3.8) is 0 Å². The lowest BCUT2D eigenvalue weighted by Crippen LogP contribution is -2.17. The van der Waals surface area contributed by atoms with Gasteiger partial charge in [-0.15, -0.1) is 0 Å². The predicted octanol–water partition coefficient (Wildman–Crippen LogP) is 2.36. The normalized spacial score (nSPS) is 18.7. The summed E-state index contributed by atoms with van der Waals surface area (Å²) in [6.45, 7) is 1.94. The Labute approximate surface area is 113 Å². The van der Waals surface area contributed by atoms with Crippen LogP contribution in [0.5, 0.6) is 5.75 Å². The van der Waals surface area contributed by atoms with E-state index in [4.69, 9.17) is 4.74 Å². The summed E-state index contributed by atoms with van der Waals surface area (Å²) >= 11 is 0. The molecule has 0 amide bonds. The van der Waals surface area contributed by atoms with Crippen LogP contribution < -0.4 is 10.1 Å². The third-order valence-electron chi connectivity index (χ3n) is 3.65. The van der Waals surface area contributed by atoms with Crippen LogP contribution in [-0.2, 0) is 6.54 Å². The molecule has 1 aromatic heterocycles. The molecule has 100 valence electrons. The molecule has 4 heteroatoms. The van der Waals surface area contributed by atoms with E-state index in [9.17, 15) is 0 Å². The van der Waals surface area contributed by atoms with Crippen molar-refractivity contribution < 1.29 is 4.74 Å². The molecule has 0 bridgehead atoms. The van der Waals surface area contributed by atoms with E-state index in [1.165, 1.54) is 24.1 Å². The number of aromatic nitrogens is 2. The van der Waals surface area contributed by atoms with Gasteiger partial charge < -0.3 is 14.6 Å². The zero-order valence-electron chi connectivity index (χ0n) is 11.2. The molecule has 1 saturated heterocycles. The van der Waals surface area contributed by atoms with Gasteiger partial charge in [0.05, 0.1) is 19.1 Å². The quantitative estimate of drug-likeness (QED) is 0.914. The summed E-state index contributed by atoms with van der Waals surface area (Å²) in [6.07, 6.45) is 6.33. The van der Waals surface area contributed by atoms with Crippen LogP contribution in [0.1, 0.15) is 30.1 Å². The second kappa shape index (κ2) is 5.45. The second-order valence-corrected chi connectivity index (χ2v) is 4.95. The van der Waals surface area contributed by atoms with Crippen molar-refractivity contribution in [3.05, 3.63) is 48.0 Å². The zero-order chi connectivity index (χ0) is 13.1. The van der Waals surface area contributed by atoms with Gasteiger partial charge in [0.15, 0.2) is 0 Å². The molecule has 2 aromatic rings. The van der Waals surface area contributed by atoms with Gasteiger partial charge in [-0.05, 0) is 37.1 Å². The minimum atomic E-state index is 0.452. The molecule has 1 aromatic carbocycles. The Balaban J connectivity index is 1.81. The second-order valence-electron chi connectivity index (χ2n) is 4.95. The molecule has 2 heterocycles.